The summed E-state index contributed by atoms with van der Waals surface area (Å²) >= 11 is 0. The first kappa shape index (κ1) is 26.9. The Morgan fingerprint density at radius 2 is 1.61 bits per heavy atom. The number of hydrogen-bond acceptors (Lipinski definition) is 3. The van der Waals surface area contributed by atoms with E-state index < -0.39 is 6.04 Å². The molecule has 0 aliphatic rings. The SMILES string of the molecule is Cc1cccc(OCC(=O)N(Cc2ccc(F)cc2)C(Cc2ccccc2)C(=O)NCC(C)C)c1C. The minimum Gasteiger partial charge on any atom is -0.483 e. The largest absolute Gasteiger partial charge is 0.483 e. The molecule has 3 aromatic rings. The van der Waals surface area contributed by atoms with Crippen molar-refractivity contribution in [1.29, 1.82) is 0 Å². The second kappa shape index (κ2) is 12.9. The Hall–Kier alpha value is -3.67. The summed E-state index contributed by atoms with van der Waals surface area (Å²) in [7, 11) is 0. The maximum Gasteiger partial charge on any atom is 0.261 e. The highest BCUT2D eigenvalue weighted by molar-refractivity contribution is 5.88. The molecule has 0 saturated heterocycles. The summed E-state index contributed by atoms with van der Waals surface area (Å²) in [5.74, 6) is -0.00448. The van der Waals surface area contributed by atoms with Gasteiger partial charge in [-0.15, -0.1) is 0 Å². The van der Waals surface area contributed by atoms with Gasteiger partial charge >= 0.3 is 0 Å². The zero-order chi connectivity index (χ0) is 26.1. The summed E-state index contributed by atoms with van der Waals surface area (Å²) < 4.78 is 19.5. The molecule has 6 heteroatoms. The molecule has 3 rings (SSSR count). The third kappa shape index (κ3) is 7.67. The van der Waals surface area contributed by atoms with E-state index in [4.69, 9.17) is 4.74 Å². The van der Waals surface area contributed by atoms with Crippen molar-refractivity contribution in [3.05, 3.63) is 101 Å². The molecule has 3 aromatic carbocycles. The summed E-state index contributed by atoms with van der Waals surface area (Å²) in [4.78, 5) is 28.6. The van der Waals surface area contributed by atoms with E-state index in [1.807, 2.05) is 76.2 Å². The first-order valence-corrected chi connectivity index (χ1v) is 12.3. The average molecular weight is 491 g/mol. The summed E-state index contributed by atoms with van der Waals surface area (Å²) in [5.41, 5.74) is 3.70. The summed E-state index contributed by atoms with van der Waals surface area (Å²) in [6.07, 6.45) is 0.348. The van der Waals surface area contributed by atoms with Crippen LogP contribution in [0.2, 0.25) is 0 Å². The van der Waals surface area contributed by atoms with Crippen LogP contribution in [0.1, 0.15) is 36.1 Å². The summed E-state index contributed by atoms with van der Waals surface area (Å²) in [6.45, 7) is 8.42. The fourth-order valence-electron chi connectivity index (χ4n) is 3.87. The summed E-state index contributed by atoms with van der Waals surface area (Å²) in [6, 6.07) is 20.5. The zero-order valence-electron chi connectivity index (χ0n) is 21.5. The van der Waals surface area contributed by atoms with E-state index in [0.717, 1.165) is 22.3 Å². The zero-order valence-corrected chi connectivity index (χ0v) is 21.5. The monoisotopic (exact) mass is 490 g/mol. The predicted molar refractivity (Wildman–Crippen MR) is 140 cm³/mol. The highest BCUT2D eigenvalue weighted by Crippen LogP contribution is 2.21. The number of carbonyl (C=O) groups excluding carboxylic acids is 2. The van der Waals surface area contributed by atoms with E-state index in [1.54, 1.807) is 17.0 Å². The van der Waals surface area contributed by atoms with Crippen LogP contribution in [0.3, 0.4) is 0 Å². The van der Waals surface area contributed by atoms with Crippen molar-refractivity contribution in [2.24, 2.45) is 5.92 Å². The summed E-state index contributed by atoms with van der Waals surface area (Å²) in [5, 5.41) is 2.99. The molecule has 0 radical (unpaired) electrons. The molecule has 0 aromatic heterocycles. The topological polar surface area (TPSA) is 58.6 Å². The van der Waals surface area contributed by atoms with Crippen LogP contribution >= 0.6 is 0 Å². The number of carbonyl (C=O) groups is 2. The lowest BCUT2D eigenvalue weighted by Gasteiger charge is -2.32. The van der Waals surface area contributed by atoms with Crippen molar-refractivity contribution in [1.82, 2.24) is 10.2 Å². The molecular formula is C30H35FN2O3. The number of amides is 2. The number of benzene rings is 3. The number of hydrogen-bond donors (Lipinski definition) is 1. The lowest BCUT2D eigenvalue weighted by Crippen LogP contribution is -2.52. The Morgan fingerprint density at radius 3 is 2.28 bits per heavy atom. The van der Waals surface area contributed by atoms with Crippen LogP contribution < -0.4 is 10.1 Å². The molecule has 0 heterocycles. The van der Waals surface area contributed by atoms with Gasteiger partial charge in [-0.2, -0.15) is 0 Å². The molecule has 5 nitrogen and oxygen atoms in total. The normalized spacial score (nSPS) is 11.7. The van der Waals surface area contributed by atoms with E-state index in [2.05, 4.69) is 5.32 Å². The van der Waals surface area contributed by atoms with Gasteiger partial charge in [-0.1, -0.05) is 68.4 Å². The van der Waals surface area contributed by atoms with Gasteiger partial charge in [0, 0.05) is 19.5 Å². The number of nitrogens with zero attached hydrogens (tertiary/aromatic N) is 1. The van der Waals surface area contributed by atoms with Crippen LogP contribution in [-0.4, -0.2) is 35.9 Å². The van der Waals surface area contributed by atoms with E-state index in [0.29, 0.717) is 18.7 Å². The third-order valence-corrected chi connectivity index (χ3v) is 6.13. The van der Waals surface area contributed by atoms with Gasteiger partial charge in [0.15, 0.2) is 6.61 Å². The molecule has 0 aliphatic carbocycles. The number of halogens is 1. The predicted octanol–water partition coefficient (Wildman–Crippen LogP) is 5.23. The lowest BCUT2D eigenvalue weighted by atomic mass is 10.0. The number of nitrogens with one attached hydrogen (secondary N) is 1. The van der Waals surface area contributed by atoms with Crippen LogP contribution in [0.4, 0.5) is 4.39 Å². The van der Waals surface area contributed by atoms with Crippen molar-refractivity contribution < 1.29 is 18.7 Å². The molecule has 36 heavy (non-hydrogen) atoms. The number of rotatable bonds is 11. The smallest absolute Gasteiger partial charge is 0.261 e. The van der Waals surface area contributed by atoms with Crippen molar-refractivity contribution in [3.8, 4) is 5.75 Å². The Kier molecular flexibility index (Phi) is 9.62. The molecule has 0 saturated carbocycles. The molecule has 2 amide bonds. The van der Waals surface area contributed by atoms with E-state index in [-0.39, 0.29) is 36.7 Å². The van der Waals surface area contributed by atoms with Gasteiger partial charge in [0.05, 0.1) is 0 Å². The Labute approximate surface area is 213 Å². The van der Waals surface area contributed by atoms with Crippen molar-refractivity contribution >= 4 is 11.8 Å². The molecule has 0 aliphatic heterocycles. The molecule has 0 spiro atoms. The van der Waals surface area contributed by atoms with Gasteiger partial charge in [-0.05, 0) is 60.2 Å². The fourth-order valence-corrected chi connectivity index (χ4v) is 3.87. The third-order valence-electron chi connectivity index (χ3n) is 6.13. The maximum absolute atomic E-state index is 13.6. The highest BCUT2D eigenvalue weighted by Gasteiger charge is 2.30. The van der Waals surface area contributed by atoms with Crippen molar-refractivity contribution in [2.75, 3.05) is 13.2 Å². The van der Waals surface area contributed by atoms with E-state index in [1.165, 1.54) is 12.1 Å². The molecule has 1 N–H and O–H groups in total. The van der Waals surface area contributed by atoms with E-state index >= 15 is 0 Å². The average Bonchev–Trinajstić information content (AvgIpc) is 2.87. The second-order valence-corrected chi connectivity index (χ2v) is 9.48. The van der Waals surface area contributed by atoms with Crippen LogP contribution in [0.25, 0.3) is 0 Å². The van der Waals surface area contributed by atoms with Crippen LogP contribution in [-0.2, 0) is 22.6 Å². The van der Waals surface area contributed by atoms with Gasteiger partial charge in [0.1, 0.15) is 17.6 Å². The number of aryl methyl sites for hydroxylation is 1. The van der Waals surface area contributed by atoms with Crippen molar-refractivity contribution in [2.45, 2.75) is 46.7 Å². The maximum atomic E-state index is 13.6. The van der Waals surface area contributed by atoms with Gasteiger partial charge in [0.2, 0.25) is 5.91 Å². The first-order valence-electron chi connectivity index (χ1n) is 12.3. The Balaban J connectivity index is 1.91. The van der Waals surface area contributed by atoms with Crippen molar-refractivity contribution in [3.63, 3.8) is 0 Å². The van der Waals surface area contributed by atoms with Gasteiger partial charge in [0.25, 0.3) is 5.91 Å². The minimum atomic E-state index is -0.758. The molecule has 0 bridgehead atoms. The lowest BCUT2D eigenvalue weighted by molar-refractivity contribution is -0.142. The van der Waals surface area contributed by atoms with Crippen LogP contribution in [0.15, 0.2) is 72.8 Å². The quantitative estimate of drug-likeness (QED) is 0.400. The Morgan fingerprint density at radius 1 is 0.917 bits per heavy atom. The highest BCUT2D eigenvalue weighted by atomic mass is 19.1. The molecule has 0 fully saturated rings. The molecular weight excluding hydrogens is 455 g/mol. The van der Waals surface area contributed by atoms with E-state index in [9.17, 15) is 14.0 Å². The molecule has 1 unspecified atom stereocenters. The number of ether oxygens (including phenoxy) is 1. The van der Waals surface area contributed by atoms with Crippen LogP contribution in [0.5, 0.6) is 5.75 Å². The molecule has 1 atom stereocenters. The minimum absolute atomic E-state index is 0.155. The van der Waals surface area contributed by atoms with Crippen LogP contribution in [0, 0.1) is 25.6 Å². The van der Waals surface area contributed by atoms with Gasteiger partial charge in [-0.3, -0.25) is 9.59 Å². The van der Waals surface area contributed by atoms with Gasteiger partial charge in [-0.25, -0.2) is 4.39 Å². The second-order valence-electron chi connectivity index (χ2n) is 9.48. The standard InChI is InChI=1S/C30H35FN2O3/c1-21(2)18-32-30(35)27(17-24-10-6-5-7-11-24)33(19-25-13-15-26(31)16-14-25)29(34)20-36-28-12-8-9-22(3)23(28)4/h5-16,21,27H,17-20H2,1-4H3,(H,32,35). The fraction of sp³-hybridized carbons (Fsp3) is 0.333. The van der Waals surface area contributed by atoms with Gasteiger partial charge < -0.3 is 15.0 Å². The molecule has 190 valence electrons. The first-order chi connectivity index (χ1) is 17.2. The Bertz CT molecular complexity index is 1150.